The van der Waals surface area contributed by atoms with E-state index in [1.807, 2.05) is 13.8 Å². The number of aliphatic hydroxyl groups is 1. The molecule has 0 unspecified atom stereocenters. The standard InChI is InChI=1S/C9H12O3.C2H6/c1-11-8-4-3-7(6-10)9(5-8)12-2;1-2/h3-5,10H,6H2,1-2H3;1-2H3. The Morgan fingerprint density at radius 1 is 1.14 bits per heavy atom. The van der Waals surface area contributed by atoms with Crippen LogP contribution in [0.25, 0.3) is 0 Å². The van der Waals surface area contributed by atoms with Crippen molar-refractivity contribution in [2.24, 2.45) is 0 Å². The van der Waals surface area contributed by atoms with Crippen molar-refractivity contribution in [3.8, 4) is 11.5 Å². The lowest BCUT2D eigenvalue weighted by Crippen LogP contribution is -1.92. The van der Waals surface area contributed by atoms with Crippen molar-refractivity contribution in [2.75, 3.05) is 14.2 Å². The van der Waals surface area contributed by atoms with Gasteiger partial charge in [-0.25, -0.2) is 0 Å². The van der Waals surface area contributed by atoms with Crippen molar-refractivity contribution in [3.05, 3.63) is 23.8 Å². The zero-order chi connectivity index (χ0) is 11.0. The third-order valence-corrected chi connectivity index (χ3v) is 1.66. The second-order valence-electron chi connectivity index (χ2n) is 2.34. The summed E-state index contributed by atoms with van der Waals surface area (Å²) < 4.78 is 10.0. The number of hydrogen-bond donors (Lipinski definition) is 1. The Labute approximate surface area is 85.3 Å². The molecule has 0 atom stereocenters. The molecule has 0 aliphatic carbocycles. The molecule has 0 aromatic heterocycles. The topological polar surface area (TPSA) is 38.7 Å². The van der Waals surface area contributed by atoms with Crippen LogP contribution >= 0.6 is 0 Å². The van der Waals surface area contributed by atoms with Crippen LogP contribution in [0.4, 0.5) is 0 Å². The van der Waals surface area contributed by atoms with Crippen molar-refractivity contribution in [1.82, 2.24) is 0 Å². The molecular weight excluding hydrogens is 180 g/mol. The second kappa shape index (κ2) is 7.21. The van der Waals surface area contributed by atoms with Gasteiger partial charge in [0.05, 0.1) is 20.8 Å². The highest BCUT2D eigenvalue weighted by Crippen LogP contribution is 2.24. The Morgan fingerprint density at radius 2 is 1.79 bits per heavy atom. The van der Waals surface area contributed by atoms with Gasteiger partial charge in [0.1, 0.15) is 11.5 Å². The van der Waals surface area contributed by atoms with Gasteiger partial charge in [-0.3, -0.25) is 0 Å². The Bertz CT molecular complexity index is 259. The molecule has 1 aromatic carbocycles. The molecule has 0 saturated heterocycles. The lowest BCUT2D eigenvalue weighted by atomic mass is 10.2. The van der Waals surface area contributed by atoms with Crippen LogP contribution in [0.15, 0.2) is 18.2 Å². The van der Waals surface area contributed by atoms with Crippen LogP contribution in [-0.2, 0) is 6.61 Å². The summed E-state index contributed by atoms with van der Waals surface area (Å²) in [5.74, 6) is 1.38. The van der Waals surface area contributed by atoms with Crippen LogP contribution < -0.4 is 9.47 Å². The van der Waals surface area contributed by atoms with E-state index in [4.69, 9.17) is 14.6 Å². The van der Waals surface area contributed by atoms with Gasteiger partial charge in [0, 0.05) is 11.6 Å². The molecule has 0 amide bonds. The average molecular weight is 198 g/mol. The molecule has 1 aromatic rings. The average Bonchev–Trinajstić information content (AvgIpc) is 2.30. The maximum atomic E-state index is 8.89. The summed E-state index contributed by atoms with van der Waals surface area (Å²) in [7, 11) is 3.15. The van der Waals surface area contributed by atoms with Crippen molar-refractivity contribution >= 4 is 0 Å². The van der Waals surface area contributed by atoms with Gasteiger partial charge < -0.3 is 14.6 Å². The summed E-state index contributed by atoms with van der Waals surface area (Å²) in [6, 6.07) is 5.30. The zero-order valence-electron chi connectivity index (χ0n) is 9.20. The van der Waals surface area contributed by atoms with Crippen molar-refractivity contribution in [2.45, 2.75) is 20.5 Å². The summed E-state index contributed by atoms with van der Waals surface area (Å²) in [6.45, 7) is 3.98. The SMILES string of the molecule is CC.COc1ccc(CO)c(OC)c1. The number of methoxy groups -OCH3 is 2. The lowest BCUT2D eigenvalue weighted by molar-refractivity contribution is 0.273. The minimum atomic E-state index is -0.0207. The molecule has 14 heavy (non-hydrogen) atoms. The molecule has 3 heteroatoms. The first-order chi connectivity index (χ1) is 6.81. The first-order valence-corrected chi connectivity index (χ1v) is 4.63. The van der Waals surface area contributed by atoms with E-state index >= 15 is 0 Å². The fraction of sp³-hybridized carbons (Fsp3) is 0.455. The maximum absolute atomic E-state index is 8.89. The fourth-order valence-electron chi connectivity index (χ4n) is 0.982. The second-order valence-corrected chi connectivity index (χ2v) is 2.34. The summed E-state index contributed by atoms with van der Waals surface area (Å²) in [5.41, 5.74) is 0.762. The molecule has 0 saturated carbocycles. The third kappa shape index (κ3) is 3.26. The highest BCUT2D eigenvalue weighted by Gasteiger charge is 2.02. The van der Waals surface area contributed by atoms with Crippen LogP contribution in [-0.4, -0.2) is 19.3 Å². The largest absolute Gasteiger partial charge is 0.497 e. The summed E-state index contributed by atoms with van der Waals surface area (Å²) in [6.07, 6.45) is 0. The monoisotopic (exact) mass is 198 g/mol. The number of hydrogen-bond acceptors (Lipinski definition) is 3. The van der Waals surface area contributed by atoms with E-state index in [0.29, 0.717) is 5.75 Å². The molecule has 1 rings (SSSR count). The molecule has 0 heterocycles. The molecule has 0 fully saturated rings. The molecule has 0 spiro atoms. The number of rotatable bonds is 3. The summed E-state index contributed by atoms with van der Waals surface area (Å²) in [5, 5.41) is 8.89. The van der Waals surface area contributed by atoms with E-state index < -0.39 is 0 Å². The molecular formula is C11H18O3. The van der Waals surface area contributed by atoms with Crippen molar-refractivity contribution in [1.29, 1.82) is 0 Å². The highest BCUT2D eigenvalue weighted by molar-refractivity contribution is 5.40. The van der Waals surface area contributed by atoms with Crippen LogP contribution in [0, 0.1) is 0 Å². The van der Waals surface area contributed by atoms with Crippen LogP contribution in [0.5, 0.6) is 11.5 Å². The lowest BCUT2D eigenvalue weighted by Gasteiger charge is -2.07. The molecule has 80 valence electrons. The fourth-order valence-corrected chi connectivity index (χ4v) is 0.982. The molecule has 1 N–H and O–H groups in total. The van der Waals surface area contributed by atoms with Gasteiger partial charge in [-0.1, -0.05) is 13.8 Å². The Morgan fingerprint density at radius 3 is 2.21 bits per heavy atom. The van der Waals surface area contributed by atoms with Gasteiger partial charge in [-0.2, -0.15) is 0 Å². The number of aliphatic hydroxyl groups excluding tert-OH is 1. The smallest absolute Gasteiger partial charge is 0.128 e. The van der Waals surface area contributed by atoms with Gasteiger partial charge in [0.25, 0.3) is 0 Å². The Balaban J connectivity index is 0.000000791. The minimum Gasteiger partial charge on any atom is -0.497 e. The molecule has 0 aliphatic heterocycles. The van der Waals surface area contributed by atoms with E-state index in [0.717, 1.165) is 11.3 Å². The van der Waals surface area contributed by atoms with E-state index in [-0.39, 0.29) is 6.61 Å². The highest BCUT2D eigenvalue weighted by atomic mass is 16.5. The molecule has 0 aliphatic rings. The predicted octanol–water partition coefficient (Wildman–Crippen LogP) is 2.22. The normalized spacial score (nSPS) is 8.64. The summed E-state index contributed by atoms with van der Waals surface area (Å²) >= 11 is 0. The van der Waals surface area contributed by atoms with Gasteiger partial charge in [0.15, 0.2) is 0 Å². The number of benzene rings is 1. The number of ether oxygens (including phenoxy) is 2. The minimum absolute atomic E-state index is 0.0207. The van der Waals surface area contributed by atoms with Crippen LogP contribution in [0.2, 0.25) is 0 Å². The zero-order valence-corrected chi connectivity index (χ0v) is 9.20. The van der Waals surface area contributed by atoms with Gasteiger partial charge in [0.2, 0.25) is 0 Å². The molecule has 3 nitrogen and oxygen atoms in total. The van der Waals surface area contributed by atoms with Crippen molar-refractivity contribution in [3.63, 3.8) is 0 Å². The van der Waals surface area contributed by atoms with Gasteiger partial charge in [-0.05, 0) is 12.1 Å². The van der Waals surface area contributed by atoms with E-state index in [2.05, 4.69) is 0 Å². The van der Waals surface area contributed by atoms with E-state index in [9.17, 15) is 0 Å². The van der Waals surface area contributed by atoms with Crippen LogP contribution in [0.1, 0.15) is 19.4 Å². The Kier molecular flexibility index (Phi) is 6.58. The third-order valence-electron chi connectivity index (χ3n) is 1.66. The first kappa shape index (κ1) is 12.8. The summed E-state index contributed by atoms with van der Waals surface area (Å²) in [4.78, 5) is 0. The Hall–Kier alpha value is -1.22. The molecule has 0 radical (unpaired) electrons. The first-order valence-electron chi connectivity index (χ1n) is 4.63. The van der Waals surface area contributed by atoms with E-state index in [1.54, 1.807) is 32.4 Å². The predicted molar refractivity (Wildman–Crippen MR) is 56.8 cm³/mol. The van der Waals surface area contributed by atoms with Gasteiger partial charge in [-0.15, -0.1) is 0 Å². The van der Waals surface area contributed by atoms with Crippen molar-refractivity contribution < 1.29 is 14.6 Å². The van der Waals surface area contributed by atoms with E-state index in [1.165, 1.54) is 0 Å². The van der Waals surface area contributed by atoms with Crippen LogP contribution in [0.3, 0.4) is 0 Å². The quantitative estimate of drug-likeness (QED) is 0.809. The maximum Gasteiger partial charge on any atom is 0.128 e. The molecule has 0 bridgehead atoms. The van der Waals surface area contributed by atoms with Gasteiger partial charge >= 0.3 is 0 Å².